The van der Waals surface area contributed by atoms with E-state index in [0.29, 0.717) is 13.1 Å². The Kier molecular flexibility index (Phi) is 4.59. The van der Waals surface area contributed by atoms with Gasteiger partial charge in [-0.1, -0.05) is 0 Å². The third-order valence-electron chi connectivity index (χ3n) is 2.90. The van der Waals surface area contributed by atoms with Crippen LogP contribution in [-0.2, 0) is 29.7 Å². The van der Waals surface area contributed by atoms with Gasteiger partial charge >= 0.3 is 0 Å². The molecule has 8 heteroatoms. The summed E-state index contributed by atoms with van der Waals surface area (Å²) in [5.74, 6) is 0. The molecule has 0 aliphatic heterocycles. The summed E-state index contributed by atoms with van der Waals surface area (Å²) < 4.78 is 28.8. The van der Waals surface area contributed by atoms with Crippen LogP contribution in [0.1, 0.15) is 22.5 Å². The molecule has 6 nitrogen and oxygen atoms in total. The van der Waals surface area contributed by atoms with Crippen LogP contribution in [0.5, 0.6) is 0 Å². The monoisotopic (exact) mass is 314 g/mol. The zero-order valence-electron chi connectivity index (χ0n) is 11.5. The summed E-state index contributed by atoms with van der Waals surface area (Å²) in [5.41, 5.74) is 6.41. The number of aromatic nitrogens is 2. The predicted molar refractivity (Wildman–Crippen MR) is 78.9 cm³/mol. The van der Waals surface area contributed by atoms with Crippen molar-refractivity contribution >= 4 is 21.4 Å². The maximum absolute atomic E-state index is 12.2. The highest BCUT2D eigenvalue weighted by Gasteiger charge is 2.18. The Bertz CT molecular complexity index is 667. The first-order valence-electron chi connectivity index (χ1n) is 6.26. The van der Waals surface area contributed by atoms with Gasteiger partial charge in [0.1, 0.15) is 5.01 Å². The molecule has 0 spiro atoms. The molecule has 0 saturated carbocycles. The molecular weight excluding hydrogens is 296 g/mol. The van der Waals surface area contributed by atoms with E-state index in [1.54, 1.807) is 18.5 Å². The Morgan fingerprint density at radius 2 is 2.25 bits per heavy atom. The summed E-state index contributed by atoms with van der Waals surface area (Å²) in [5, 5.41) is 0.750. The number of nitrogens with zero attached hydrogens (tertiary/aromatic N) is 2. The molecule has 0 bridgehead atoms. The summed E-state index contributed by atoms with van der Waals surface area (Å²) in [4.78, 5) is 5.43. The average Bonchev–Trinajstić information content (AvgIpc) is 3.02. The van der Waals surface area contributed by atoms with Gasteiger partial charge in [0.15, 0.2) is 0 Å². The van der Waals surface area contributed by atoms with Crippen LogP contribution >= 0.6 is 11.3 Å². The van der Waals surface area contributed by atoms with Crippen molar-refractivity contribution < 1.29 is 8.42 Å². The fourth-order valence-electron chi connectivity index (χ4n) is 1.86. The van der Waals surface area contributed by atoms with Gasteiger partial charge < -0.3 is 10.3 Å². The SMILES string of the molecule is CCn1cc(S(=O)(=O)NCc2ncc(C)s2)cc1CN. The van der Waals surface area contributed by atoms with Crippen molar-refractivity contribution in [1.82, 2.24) is 14.3 Å². The molecule has 0 aliphatic carbocycles. The predicted octanol–water partition coefficient (Wildman–Crippen LogP) is 1.21. The summed E-state index contributed by atoms with van der Waals surface area (Å²) in [6, 6.07) is 1.61. The van der Waals surface area contributed by atoms with Gasteiger partial charge in [0.2, 0.25) is 10.0 Å². The third-order valence-corrected chi connectivity index (χ3v) is 5.18. The fraction of sp³-hybridized carbons (Fsp3) is 0.417. The molecule has 2 heterocycles. The van der Waals surface area contributed by atoms with Gasteiger partial charge in [-0.05, 0) is 19.9 Å². The minimum Gasteiger partial charge on any atom is -0.349 e. The van der Waals surface area contributed by atoms with E-state index < -0.39 is 10.0 Å². The molecular formula is C12H18N4O2S2. The minimum absolute atomic E-state index is 0.204. The Morgan fingerprint density at radius 3 is 2.75 bits per heavy atom. The van der Waals surface area contributed by atoms with Crippen LogP contribution in [0.15, 0.2) is 23.4 Å². The zero-order valence-corrected chi connectivity index (χ0v) is 13.1. The molecule has 0 unspecified atom stereocenters. The number of thiazole rings is 1. The standard InChI is InChI=1S/C12H18N4O2S2/c1-3-16-8-11(4-10(16)5-13)20(17,18)15-7-12-14-6-9(2)19-12/h4,6,8,15H,3,5,7,13H2,1-2H3. The number of hydrogen-bond acceptors (Lipinski definition) is 5. The summed E-state index contributed by atoms with van der Waals surface area (Å²) in [7, 11) is -3.53. The number of rotatable bonds is 6. The summed E-state index contributed by atoms with van der Waals surface area (Å²) in [6.45, 7) is 5.09. The van der Waals surface area contributed by atoms with Gasteiger partial charge in [0, 0.05) is 36.1 Å². The van der Waals surface area contributed by atoms with E-state index in [4.69, 9.17) is 5.73 Å². The molecule has 0 aliphatic rings. The molecule has 0 fully saturated rings. The molecule has 0 amide bonds. The van der Waals surface area contributed by atoms with E-state index in [1.165, 1.54) is 11.3 Å². The molecule has 0 saturated heterocycles. The molecule has 0 aromatic carbocycles. The van der Waals surface area contributed by atoms with Crippen LogP contribution < -0.4 is 10.5 Å². The van der Waals surface area contributed by atoms with E-state index in [0.717, 1.165) is 15.6 Å². The summed E-state index contributed by atoms with van der Waals surface area (Å²) in [6.07, 6.45) is 3.34. The Morgan fingerprint density at radius 1 is 1.50 bits per heavy atom. The van der Waals surface area contributed by atoms with Crippen molar-refractivity contribution in [1.29, 1.82) is 0 Å². The van der Waals surface area contributed by atoms with Crippen LogP contribution in [0.2, 0.25) is 0 Å². The van der Waals surface area contributed by atoms with E-state index in [1.807, 2.05) is 18.4 Å². The lowest BCUT2D eigenvalue weighted by atomic mass is 10.4. The van der Waals surface area contributed by atoms with Crippen LogP contribution in [-0.4, -0.2) is 18.0 Å². The van der Waals surface area contributed by atoms with Crippen molar-refractivity contribution in [3.8, 4) is 0 Å². The second kappa shape index (κ2) is 6.04. The topological polar surface area (TPSA) is 90.0 Å². The van der Waals surface area contributed by atoms with Crippen molar-refractivity contribution in [2.24, 2.45) is 5.73 Å². The Labute approximate surface area is 122 Å². The van der Waals surface area contributed by atoms with Gasteiger partial charge in [-0.3, -0.25) is 0 Å². The maximum Gasteiger partial charge on any atom is 0.242 e. The molecule has 0 radical (unpaired) electrons. The Balaban J connectivity index is 2.15. The maximum atomic E-state index is 12.2. The Hall–Kier alpha value is -1.22. The lowest BCUT2D eigenvalue weighted by molar-refractivity contribution is 0.580. The van der Waals surface area contributed by atoms with Crippen LogP contribution in [0, 0.1) is 6.92 Å². The highest BCUT2D eigenvalue weighted by Crippen LogP contribution is 2.16. The first kappa shape index (κ1) is 15.2. The average molecular weight is 314 g/mol. The highest BCUT2D eigenvalue weighted by atomic mass is 32.2. The number of nitrogens with two attached hydrogens (primary N) is 1. The zero-order chi connectivity index (χ0) is 14.8. The number of sulfonamides is 1. The number of hydrogen-bond donors (Lipinski definition) is 2. The van der Waals surface area contributed by atoms with E-state index in [2.05, 4.69) is 9.71 Å². The molecule has 0 atom stereocenters. The first-order valence-corrected chi connectivity index (χ1v) is 8.56. The molecule has 3 N–H and O–H groups in total. The van der Waals surface area contributed by atoms with E-state index in [9.17, 15) is 8.42 Å². The molecule has 110 valence electrons. The van der Waals surface area contributed by atoms with Crippen molar-refractivity contribution in [3.63, 3.8) is 0 Å². The van der Waals surface area contributed by atoms with Crippen LogP contribution in [0.4, 0.5) is 0 Å². The quantitative estimate of drug-likeness (QED) is 0.838. The minimum atomic E-state index is -3.53. The van der Waals surface area contributed by atoms with Gasteiger partial charge in [-0.2, -0.15) is 0 Å². The van der Waals surface area contributed by atoms with Crippen molar-refractivity contribution in [2.45, 2.75) is 38.4 Å². The normalized spacial score (nSPS) is 11.9. The molecule has 2 aromatic heterocycles. The van der Waals surface area contributed by atoms with E-state index in [-0.39, 0.29) is 11.4 Å². The smallest absolute Gasteiger partial charge is 0.242 e. The van der Waals surface area contributed by atoms with Gasteiger partial charge in [-0.25, -0.2) is 18.1 Å². The lowest BCUT2D eigenvalue weighted by Crippen LogP contribution is -2.22. The van der Waals surface area contributed by atoms with Gasteiger partial charge in [-0.15, -0.1) is 11.3 Å². The largest absolute Gasteiger partial charge is 0.349 e. The molecule has 20 heavy (non-hydrogen) atoms. The lowest BCUT2D eigenvalue weighted by Gasteiger charge is -2.02. The highest BCUT2D eigenvalue weighted by molar-refractivity contribution is 7.89. The second-order valence-electron chi connectivity index (χ2n) is 4.35. The number of aryl methyl sites for hydroxylation is 2. The van der Waals surface area contributed by atoms with Crippen molar-refractivity contribution in [2.75, 3.05) is 0 Å². The second-order valence-corrected chi connectivity index (χ2v) is 7.43. The van der Waals surface area contributed by atoms with Crippen molar-refractivity contribution in [3.05, 3.63) is 34.0 Å². The molecule has 2 rings (SSSR count). The van der Waals surface area contributed by atoms with E-state index >= 15 is 0 Å². The fourth-order valence-corrected chi connectivity index (χ4v) is 3.73. The summed E-state index contributed by atoms with van der Waals surface area (Å²) >= 11 is 1.48. The van der Waals surface area contributed by atoms with Crippen LogP contribution in [0.3, 0.4) is 0 Å². The number of nitrogens with one attached hydrogen (secondary N) is 1. The van der Waals surface area contributed by atoms with Gasteiger partial charge in [0.05, 0.1) is 11.4 Å². The first-order chi connectivity index (χ1) is 9.46. The molecule has 2 aromatic rings. The van der Waals surface area contributed by atoms with Crippen LogP contribution in [0.25, 0.3) is 0 Å². The van der Waals surface area contributed by atoms with Gasteiger partial charge in [0.25, 0.3) is 0 Å². The third kappa shape index (κ3) is 3.26.